The number of rotatable bonds is 7. The Morgan fingerprint density at radius 2 is 2.00 bits per heavy atom. The highest BCUT2D eigenvalue weighted by Gasteiger charge is 2.20. The number of carboxylic acid groups (broad SMARTS) is 1. The molecular weight excluding hydrogens is 216 g/mol. The quantitative estimate of drug-likeness (QED) is 0.477. The van der Waals surface area contributed by atoms with Gasteiger partial charge in [0.1, 0.15) is 6.04 Å². The van der Waals surface area contributed by atoms with Gasteiger partial charge in [0.2, 0.25) is 5.91 Å². The third-order valence-corrected chi connectivity index (χ3v) is 1.87. The molecule has 0 radical (unpaired) electrons. The zero-order chi connectivity index (χ0) is 12.6. The molecule has 0 fully saturated rings. The van der Waals surface area contributed by atoms with Crippen LogP contribution < -0.4 is 11.1 Å². The first-order chi connectivity index (χ1) is 7.51. The summed E-state index contributed by atoms with van der Waals surface area (Å²) in [5, 5.41) is 11.0. The van der Waals surface area contributed by atoms with E-state index in [-0.39, 0.29) is 25.8 Å². The smallest absolute Gasteiger partial charge is 0.326 e. The Kier molecular flexibility index (Phi) is 6.86. The Balaban J connectivity index is 4.12. The van der Waals surface area contributed by atoms with E-state index >= 15 is 0 Å². The average molecular weight is 232 g/mol. The molecular formula is C9H16N2O5. The molecule has 1 atom stereocenters. The fraction of sp³-hybridized carbons (Fsp3) is 0.667. The van der Waals surface area contributed by atoms with Crippen molar-refractivity contribution in [2.75, 3.05) is 13.7 Å². The lowest BCUT2D eigenvalue weighted by molar-refractivity contribution is -0.144. The Morgan fingerprint density at radius 1 is 1.38 bits per heavy atom. The van der Waals surface area contributed by atoms with E-state index in [1.165, 1.54) is 7.11 Å². The number of amides is 1. The van der Waals surface area contributed by atoms with E-state index in [4.69, 9.17) is 10.8 Å². The molecule has 0 aliphatic heterocycles. The number of carbonyl (C=O) groups excluding carboxylic acids is 2. The van der Waals surface area contributed by atoms with Crippen LogP contribution in [0.1, 0.15) is 19.3 Å². The first kappa shape index (κ1) is 14.4. The van der Waals surface area contributed by atoms with Gasteiger partial charge in [-0.05, 0) is 6.42 Å². The summed E-state index contributed by atoms with van der Waals surface area (Å²) >= 11 is 0. The van der Waals surface area contributed by atoms with E-state index < -0.39 is 23.9 Å². The van der Waals surface area contributed by atoms with Gasteiger partial charge >= 0.3 is 11.9 Å². The number of hydrogen-bond donors (Lipinski definition) is 3. The van der Waals surface area contributed by atoms with Crippen LogP contribution >= 0.6 is 0 Å². The number of esters is 1. The van der Waals surface area contributed by atoms with E-state index in [0.717, 1.165) is 0 Å². The average Bonchev–Trinajstić information content (AvgIpc) is 2.23. The summed E-state index contributed by atoms with van der Waals surface area (Å²) in [5.74, 6) is -2.15. The summed E-state index contributed by atoms with van der Waals surface area (Å²) in [5.41, 5.74) is 5.14. The van der Waals surface area contributed by atoms with Gasteiger partial charge in [-0.15, -0.1) is 0 Å². The molecule has 0 unspecified atom stereocenters. The zero-order valence-electron chi connectivity index (χ0n) is 9.06. The molecule has 92 valence electrons. The van der Waals surface area contributed by atoms with Crippen molar-refractivity contribution in [1.82, 2.24) is 5.32 Å². The number of nitrogens with one attached hydrogen (secondary N) is 1. The van der Waals surface area contributed by atoms with Gasteiger partial charge in [-0.3, -0.25) is 9.59 Å². The fourth-order valence-corrected chi connectivity index (χ4v) is 1.02. The largest absolute Gasteiger partial charge is 0.480 e. The maximum Gasteiger partial charge on any atom is 0.326 e. The minimum atomic E-state index is -1.19. The molecule has 0 bridgehead atoms. The topological polar surface area (TPSA) is 119 Å². The Labute approximate surface area is 92.9 Å². The summed E-state index contributed by atoms with van der Waals surface area (Å²) in [6.07, 6.45) is -0.00328. The number of carboxylic acids is 1. The van der Waals surface area contributed by atoms with Crippen LogP contribution in [0.15, 0.2) is 0 Å². The van der Waals surface area contributed by atoms with Gasteiger partial charge in [-0.25, -0.2) is 4.79 Å². The number of nitrogens with two attached hydrogens (primary N) is 1. The highest BCUT2D eigenvalue weighted by atomic mass is 16.5. The summed E-state index contributed by atoms with van der Waals surface area (Å²) in [6.45, 7) is 0.148. The molecule has 0 heterocycles. The maximum atomic E-state index is 11.1. The molecule has 0 aromatic rings. The van der Waals surface area contributed by atoms with Crippen molar-refractivity contribution in [2.24, 2.45) is 5.73 Å². The fourth-order valence-electron chi connectivity index (χ4n) is 1.02. The molecule has 0 aromatic carbocycles. The van der Waals surface area contributed by atoms with Crippen molar-refractivity contribution < 1.29 is 24.2 Å². The second kappa shape index (κ2) is 7.63. The lowest BCUT2D eigenvalue weighted by Gasteiger charge is -2.13. The second-order valence-electron chi connectivity index (χ2n) is 3.11. The minimum absolute atomic E-state index is 0.00167. The van der Waals surface area contributed by atoms with E-state index in [1.807, 2.05) is 0 Å². The molecule has 0 aliphatic carbocycles. The monoisotopic (exact) mass is 232 g/mol. The van der Waals surface area contributed by atoms with Crippen LogP contribution in [-0.2, 0) is 19.1 Å². The Morgan fingerprint density at radius 3 is 2.44 bits per heavy atom. The normalized spacial score (nSPS) is 11.6. The molecule has 16 heavy (non-hydrogen) atoms. The van der Waals surface area contributed by atoms with Crippen molar-refractivity contribution in [3.05, 3.63) is 0 Å². The molecule has 4 N–H and O–H groups in total. The number of carbonyl (C=O) groups is 3. The van der Waals surface area contributed by atoms with Gasteiger partial charge in [0.25, 0.3) is 0 Å². The van der Waals surface area contributed by atoms with Gasteiger partial charge in [0.05, 0.1) is 7.11 Å². The van der Waals surface area contributed by atoms with Crippen LogP contribution in [0.3, 0.4) is 0 Å². The number of aliphatic carboxylic acids is 1. The summed E-state index contributed by atoms with van der Waals surface area (Å²) in [7, 11) is 1.21. The van der Waals surface area contributed by atoms with E-state index in [1.54, 1.807) is 0 Å². The van der Waals surface area contributed by atoms with E-state index in [2.05, 4.69) is 10.1 Å². The maximum absolute atomic E-state index is 11.1. The Hall–Kier alpha value is -1.63. The van der Waals surface area contributed by atoms with Crippen LogP contribution in [-0.4, -0.2) is 42.6 Å². The Bertz CT molecular complexity index is 267. The highest BCUT2D eigenvalue weighted by Crippen LogP contribution is 2.00. The van der Waals surface area contributed by atoms with Gasteiger partial charge in [0, 0.05) is 19.4 Å². The van der Waals surface area contributed by atoms with Crippen LogP contribution in [0.25, 0.3) is 0 Å². The lowest BCUT2D eigenvalue weighted by Crippen LogP contribution is -2.41. The molecule has 0 saturated carbocycles. The third-order valence-electron chi connectivity index (χ3n) is 1.87. The van der Waals surface area contributed by atoms with Crippen LogP contribution in [0.5, 0.6) is 0 Å². The lowest BCUT2D eigenvalue weighted by atomic mass is 10.1. The molecule has 0 spiro atoms. The van der Waals surface area contributed by atoms with Gasteiger partial charge in [-0.1, -0.05) is 0 Å². The minimum Gasteiger partial charge on any atom is -0.480 e. The van der Waals surface area contributed by atoms with Gasteiger partial charge < -0.3 is 20.9 Å². The van der Waals surface area contributed by atoms with Crippen molar-refractivity contribution in [3.8, 4) is 0 Å². The third kappa shape index (κ3) is 5.97. The number of ether oxygens (including phenoxy) is 1. The highest BCUT2D eigenvalue weighted by molar-refractivity contribution is 5.84. The zero-order valence-corrected chi connectivity index (χ0v) is 9.06. The molecule has 0 aromatic heterocycles. The second-order valence-corrected chi connectivity index (χ2v) is 3.11. The molecule has 7 heteroatoms. The molecule has 7 nitrogen and oxygen atoms in total. The SMILES string of the molecule is COC(=O)CC[C@@H](NC(=O)CCN)C(=O)O. The molecule has 0 saturated heterocycles. The molecule has 1 amide bonds. The van der Waals surface area contributed by atoms with E-state index in [9.17, 15) is 14.4 Å². The predicted molar refractivity (Wildman–Crippen MR) is 54.5 cm³/mol. The van der Waals surface area contributed by atoms with Gasteiger partial charge in [-0.2, -0.15) is 0 Å². The van der Waals surface area contributed by atoms with Crippen LogP contribution in [0.4, 0.5) is 0 Å². The number of hydrogen-bond acceptors (Lipinski definition) is 5. The summed E-state index contributed by atoms with van der Waals surface area (Å²) in [6, 6.07) is -1.09. The van der Waals surface area contributed by atoms with Crippen LogP contribution in [0, 0.1) is 0 Å². The predicted octanol–water partition coefficient (Wildman–Crippen LogP) is -1.14. The molecule has 0 aliphatic rings. The first-order valence-corrected chi connectivity index (χ1v) is 4.80. The van der Waals surface area contributed by atoms with Crippen LogP contribution in [0.2, 0.25) is 0 Å². The molecule has 0 rings (SSSR count). The first-order valence-electron chi connectivity index (χ1n) is 4.80. The van der Waals surface area contributed by atoms with Crippen molar-refractivity contribution in [1.29, 1.82) is 0 Å². The number of methoxy groups -OCH3 is 1. The standard InChI is InChI=1S/C9H16N2O5/c1-16-8(13)3-2-6(9(14)15)11-7(12)4-5-10/h6H,2-5,10H2,1H3,(H,11,12)(H,14,15)/t6-/m1/s1. The van der Waals surface area contributed by atoms with Crippen molar-refractivity contribution in [3.63, 3.8) is 0 Å². The van der Waals surface area contributed by atoms with E-state index in [0.29, 0.717) is 0 Å². The summed E-state index contributed by atoms with van der Waals surface area (Å²) in [4.78, 5) is 32.6. The summed E-state index contributed by atoms with van der Waals surface area (Å²) < 4.78 is 4.37. The van der Waals surface area contributed by atoms with Gasteiger partial charge in [0.15, 0.2) is 0 Å². The van der Waals surface area contributed by atoms with Crippen molar-refractivity contribution in [2.45, 2.75) is 25.3 Å². The van der Waals surface area contributed by atoms with Crippen molar-refractivity contribution >= 4 is 17.8 Å².